The quantitative estimate of drug-likeness (QED) is 0.742. The Morgan fingerprint density at radius 1 is 0.786 bits per heavy atom. The number of aromatic nitrogens is 2. The number of hydrogen-bond donors (Lipinski definition) is 0. The highest BCUT2D eigenvalue weighted by molar-refractivity contribution is 6.30. The van der Waals surface area contributed by atoms with Crippen molar-refractivity contribution in [3.8, 4) is 11.4 Å². The Hall–Kier alpha value is -1.12. The van der Waals surface area contributed by atoms with Crippen molar-refractivity contribution in [2.45, 2.75) is 0 Å². The lowest BCUT2D eigenvalue weighted by Crippen LogP contribution is -1.86. The minimum Gasteiger partial charge on any atom is -0.235 e. The van der Waals surface area contributed by atoms with Crippen LogP contribution in [-0.2, 0) is 0 Å². The summed E-state index contributed by atoms with van der Waals surface area (Å²) in [6.07, 6.45) is 3.14. The summed E-state index contributed by atoms with van der Waals surface area (Å²) >= 11 is 11.4. The fourth-order valence-electron chi connectivity index (χ4n) is 1.06. The molecule has 2 aromatic rings. The largest absolute Gasteiger partial charge is 0.235 e. The predicted octanol–water partition coefficient (Wildman–Crippen LogP) is 3.45. The first-order chi connectivity index (χ1) is 6.75. The highest BCUT2D eigenvalue weighted by atomic mass is 35.5. The molecule has 0 spiro atoms. The average Bonchev–Trinajstić information content (AvgIpc) is 2.21. The smallest absolute Gasteiger partial charge is 0.159 e. The molecule has 1 aromatic carbocycles. The number of hydrogen-bond acceptors (Lipinski definition) is 2. The van der Waals surface area contributed by atoms with Gasteiger partial charge < -0.3 is 0 Å². The molecule has 0 aliphatic rings. The second-order valence-corrected chi connectivity index (χ2v) is 3.60. The van der Waals surface area contributed by atoms with Crippen LogP contribution in [-0.4, -0.2) is 9.97 Å². The van der Waals surface area contributed by atoms with Crippen LogP contribution in [0.2, 0.25) is 10.0 Å². The molecule has 0 aliphatic heterocycles. The van der Waals surface area contributed by atoms with Gasteiger partial charge in [-0.05, 0) is 24.3 Å². The predicted molar refractivity (Wildman–Crippen MR) is 57.5 cm³/mol. The van der Waals surface area contributed by atoms with Crippen LogP contribution in [0.5, 0.6) is 0 Å². The first-order valence-corrected chi connectivity index (χ1v) is 4.75. The van der Waals surface area contributed by atoms with Crippen LogP contribution in [0.4, 0.5) is 0 Å². The number of benzene rings is 1. The van der Waals surface area contributed by atoms with Crippen LogP contribution in [0.1, 0.15) is 0 Å². The van der Waals surface area contributed by atoms with Crippen molar-refractivity contribution in [3.63, 3.8) is 0 Å². The minimum absolute atomic E-state index is 0.530. The zero-order chi connectivity index (χ0) is 9.97. The summed E-state index contributed by atoms with van der Waals surface area (Å²) in [4.78, 5) is 8.18. The average molecular weight is 225 g/mol. The normalized spacial score (nSPS) is 10.1. The molecule has 0 saturated heterocycles. The number of nitrogens with zero attached hydrogens (tertiary/aromatic N) is 2. The molecule has 2 rings (SSSR count). The summed E-state index contributed by atoms with van der Waals surface area (Å²) in [6, 6.07) is 7.33. The van der Waals surface area contributed by atoms with Gasteiger partial charge in [-0.2, -0.15) is 0 Å². The fourth-order valence-corrected chi connectivity index (χ4v) is 1.28. The second kappa shape index (κ2) is 3.95. The van der Waals surface area contributed by atoms with E-state index in [1.807, 2.05) is 12.1 Å². The lowest BCUT2D eigenvalue weighted by atomic mass is 10.2. The van der Waals surface area contributed by atoms with Crippen LogP contribution in [0.25, 0.3) is 11.4 Å². The Balaban J connectivity index is 2.40. The Bertz CT molecular complexity index is 379. The van der Waals surface area contributed by atoms with E-state index in [4.69, 9.17) is 23.2 Å². The molecule has 2 nitrogen and oxygen atoms in total. The first-order valence-electron chi connectivity index (χ1n) is 3.99. The molecule has 0 atom stereocenters. The summed E-state index contributed by atoms with van der Waals surface area (Å²) in [5, 5.41) is 1.23. The van der Waals surface area contributed by atoms with Crippen LogP contribution >= 0.6 is 23.2 Å². The van der Waals surface area contributed by atoms with Crippen molar-refractivity contribution in [3.05, 3.63) is 46.7 Å². The highest BCUT2D eigenvalue weighted by Crippen LogP contribution is 2.18. The van der Waals surface area contributed by atoms with Gasteiger partial charge in [0, 0.05) is 23.0 Å². The van der Waals surface area contributed by atoms with Crippen molar-refractivity contribution in [1.29, 1.82) is 0 Å². The van der Waals surface area contributed by atoms with Crippen molar-refractivity contribution >= 4 is 23.2 Å². The van der Waals surface area contributed by atoms with Crippen molar-refractivity contribution in [2.75, 3.05) is 0 Å². The van der Waals surface area contributed by atoms with Gasteiger partial charge in [0.25, 0.3) is 0 Å². The molecule has 0 aliphatic carbocycles. The number of halogens is 2. The van der Waals surface area contributed by atoms with E-state index in [1.165, 1.54) is 0 Å². The molecule has 0 bridgehead atoms. The van der Waals surface area contributed by atoms with Gasteiger partial charge >= 0.3 is 0 Å². The van der Waals surface area contributed by atoms with Gasteiger partial charge in [-0.15, -0.1) is 0 Å². The van der Waals surface area contributed by atoms with E-state index in [1.54, 1.807) is 24.5 Å². The van der Waals surface area contributed by atoms with E-state index >= 15 is 0 Å². The van der Waals surface area contributed by atoms with Crippen LogP contribution in [0.3, 0.4) is 0 Å². The van der Waals surface area contributed by atoms with Gasteiger partial charge in [0.2, 0.25) is 0 Å². The maximum Gasteiger partial charge on any atom is 0.159 e. The maximum absolute atomic E-state index is 5.76. The fraction of sp³-hybridized carbons (Fsp3) is 0. The molecular weight excluding hydrogens is 219 g/mol. The van der Waals surface area contributed by atoms with Gasteiger partial charge in [0.05, 0.1) is 5.02 Å². The van der Waals surface area contributed by atoms with Gasteiger partial charge in [0.1, 0.15) is 0 Å². The van der Waals surface area contributed by atoms with Crippen molar-refractivity contribution in [2.24, 2.45) is 0 Å². The molecule has 1 heterocycles. The third-order valence-electron chi connectivity index (χ3n) is 1.72. The summed E-state index contributed by atoms with van der Waals surface area (Å²) in [6.45, 7) is 0. The molecule has 4 heteroatoms. The Morgan fingerprint density at radius 3 is 1.93 bits per heavy atom. The van der Waals surface area contributed by atoms with Gasteiger partial charge in [-0.25, -0.2) is 9.97 Å². The van der Waals surface area contributed by atoms with E-state index < -0.39 is 0 Å². The molecule has 0 unspecified atom stereocenters. The molecule has 0 amide bonds. The van der Waals surface area contributed by atoms with Crippen LogP contribution < -0.4 is 0 Å². The van der Waals surface area contributed by atoms with Gasteiger partial charge in [0.15, 0.2) is 5.82 Å². The molecule has 0 N–H and O–H groups in total. The highest BCUT2D eigenvalue weighted by Gasteiger charge is 1.99. The zero-order valence-corrected chi connectivity index (χ0v) is 8.63. The molecule has 1 aromatic heterocycles. The maximum atomic E-state index is 5.76. The SMILES string of the molecule is Clc1ccc(-c2ncc(Cl)cn2)cc1. The summed E-state index contributed by atoms with van der Waals surface area (Å²) < 4.78 is 0. The van der Waals surface area contributed by atoms with Crippen LogP contribution in [0.15, 0.2) is 36.7 Å². The van der Waals surface area contributed by atoms with Gasteiger partial charge in [-0.1, -0.05) is 23.2 Å². The Labute approximate surface area is 91.5 Å². The molecular formula is C10H6Cl2N2. The molecule has 0 radical (unpaired) electrons. The zero-order valence-electron chi connectivity index (χ0n) is 7.11. The minimum atomic E-state index is 0.530. The van der Waals surface area contributed by atoms with E-state index in [-0.39, 0.29) is 0 Å². The third kappa shape index (κ3) is 2.03. The molecule has 70 valence electrons. The van der Waals surface area contributed by atoms with E-state index in [0.29, 0.717) is 15.9 Å². The van der Waals surface area contributed by atoms with E-state index in [2.05, 4.69) is 9.97 Å². The molecule has 14 heavy (non-hydrogen) atoms. The second-order valence-electron chi connectivity index (χ2n) is 2.73. The van der Waals surface area contributed by atoms with Crippen molar-refractivity contribution in [1.82, 2.24) is 9.97 Å². The summed E-state index contributed by atoms with van der Waals surface area (Å²) in [7, 11) is 0. The van der Waals surface area contributed by atoms with E-state index in [0.717, 1.165) is 5.56 Å². The lowest BCUT2D eigenvalue weighted by molar-refractivity contribution is 1.18. The monoisotopic (exact) mass is 224 g/mol. The number of rotatable bonds is 1. The van der Waals surface area contributed by atoms with Crippen LogP contribution in [0, 0.1) is 0 Å². The Morgan fingerprint density at radius 2 is 1.36 bits per heavy atom. The summed E-state index contributed by atoms with van der Waals surface area (Å²) in [5.74, 6) is 0.645. The third-order valence-corrected chi connectivity index (χ3v) is 2.17. The van der Waals surface area contributed by atoms with Gasteiger partial charge in [-0.3, -0.25) is 0 Å². The summed E-state index contributed by atoms with van der Waals surface area (Å²) in [5.41, 5.74) is 0.922. The standard InChI is InChI=1S/C10H6Cl2N2/c11-8-3-1-7(2-4-8)10-13-5-9(12)6-14-10/h1-6H. The first kappa shape index (κ1) is 9.44. The lowest BCUT2D eigenvalue weighted by Gasteiger charge is -1.99. The molecule has 0 saturated carbocycles. The van der Waals surface area contributed by atoms with E-state index in [9.17, 15) is 0 Å². The molecule has 0 fully saturated rings. The Kier molecular flexibility index (Phi) is 2.66. The topological polar surface area (TPSA) is 25.8 Å². The van der Waals surface area contributed by atoms with Crippen molar-refractivity contribution < 1.29 is 0 Å².